The van der Waals surface area contributed by atoms with Crippen LogP contribution in [0.15, 0.2) is 41.0 Å². The number of rotatable bonds is 2. The number of benzene rings is 1. The Hall–Kier alpha value is -1.06. The Kier molecular flexibility index (Phi) is 3.46. The lowest BCUT2D eigenvalue weighted by Gasteiger charge is -2.08. The van der Waals surface area contributed by atoms with Gasteiger partial charge in [0, 0.05) is 16.9 Å². The number of hydrogen-bond donors (Lipinski definition) is 1. The van der Waals surface area contributed by atoms with Gasteiger partial charge in [0.2, 0.25) is 0 Å². The molecule has 0 fully saturated rings. The second kappa shape index (κ2) is 4.85. The number of nitrogens with one attached hydrogen (secondary N) is 1. The quantitative estimate of drug-likeness (QED) is 0.879. The molecule has 0 saturated heterocycles. The highest BCUT2D eigenvalue weighted by Crippen LogP contribution is 2.25. The normalized spacial score (nSPS) is 10.2. The lowest BCUT2D eigenvalue weighted by atomic mass is 10.3. The summed E-state index contributed by atoms with van der Waals surface area (Å²) in [6.45, 7) is 2.00. The van der Waals surface area contributed by atoms with Crippen molar-refractivity contribution < 1.29 is 0 Å². The summed E-state index contributed by atoms with van der Waals surface area (Å²) in [4.78, 5) is 4.30. The number of hydrogen-bond acceptors (Lipinski definition) is 2. The van der Waals surface area contributed by atoms with Crippen LogP contribution in [0, 0.1) is 6.92 Å². The second-order valence-corrected chi connectivity index (χ2v) is 4.77. The van der Waals surface area contributed by atoms with Crippen molar-refractivity contribution in [1.29, 1.82) is 0 Å². The van der Waals surface area contributed by atoms with Crippen molar-refractivity contribution in [2.75, 3.05) is 5.32 Å². The van der Waals surface area contributed by atoms with Crippen LogP contribution < -0.4 is 5.32 Å². The van der Waals surface area contributed by atoms with E-state index in [1.54, 1.807) is 0 Å². The minimum atomic E-state index is 0.702. The van der Waals surface area contributed by atoms with Crippen LogP contribution in [0.25, 0.3) is 0 Å². The summed E-state index contributed by atoms with van der Waals surface area (Å²) in [6.07, 6.45) is 1.82. The van der Waals surface area contributed by atoms with Gasteiger partial charge in [0.05, 0.1) is 4.47 Å². The summed E-state index contributed by atoms with van der Waals surface area (Å²) >= 11 is 9.37. The van der Waals surface area contributed by atoms with Gasteiger partial charge < -0.3 is 5.32 Å². The van der Waals surface area contributed by atoms with Gasteiger partial charge in [-0.05, 0) is 52.7 Å². The summed E-state index contributed by atoms with van der Waals surface area (Å²) in [5.41, 5.74) is 2.04. The van der Waals surface area contributed by atoms with Gasteiger partial charge in [-0.2, -0.15) is 0 Å². The number of aryl methyl sites for hydroxylation is 1. The average Bonchev–Trinajstić information content (AvgIpc) is 2.22. The fourth-order valence-electron chi connectivity index (χ4n) is 1.33. The Bertz CT molecular complexity index is 514. The first-order valence-corrected chi connectivity index (χ1v) is 5.97. The molecule has 2 nitrogen and oxygen atoms in total. The van der Waals surface area contributed by atoms with Crippen molar-refractivity contribution >= 4 is 39.0 Å². The zero-order valence-corrected chi connectivity index (χ0v) is 11.0. The first kappa shape index (κ1) is 11.4. The third kappa shape index (κ3) is 2.74. The van der Waals surface area contributed by atoms with Crippen LogP contribution in [-0.2, 0) is 0 Å². The molecular weight excluding hydrogens is 288 g/mol. The number of aromatic nitrogens is 1. The van der Waals surface area contributed by atoms with Gasteiger partial charge in [-0.1, -0.05) is 17.7 Å². The summed E-state index contributed by atoms with van der Waals surface area (Å²) in [5, 5.41) is 3.90. The molecule has 0 aliphatic rings. The van der Waals surface area contributed by atoms with E-state index in [2.05, 4.69) is 26.2 Å². The van der Waals surface area contributed by atoms with E-state index in [4.69, 9.17) is 11.6 Å². The molecule has 2 rings (SSSR count). The second-order valence-electron chi connectivity index (χ2n) is 3.48. The zero-order chi connectivity index (χ0) is 11.5. The van der Waals surface area contributed by atoms with Crippen LogP contribution in [-0.4, -0.2) is 4.98 Å². The molecule has 1 N–H and O–H groups in total. The lowest BCUT2D eigenvalue weighted by molar-refractivity contribution is 1.24. The summed E-state index contributed by atoms with van der Waals surface area (Å²) in [7, 11) is 0. The van der Waals surface area contributed by atoms with E-state index in [0.29, 0.717) is 5.02 Å². The molecule has 1 heterocycles. The largest absolute Gasteiger partial charge is 0.339 e. The van der Waals surface area contributed by atoms with E-state index in [-0.39, 0.29) is 0 Å². The number of anilines is 2. The third-order valence-electron chi connectivity index (χ3n) is 2.07. The van der Waals surface area contributed by atoms with Crippen molar-refractivity contribution in [3.8, 4) is 0 Å². The third-order valence-corrected chi connectivity index (χ3v) is 2.90. The molecule has 0 aliphatic heterocycles. The SMILES string of the molecule is Cc1cnc(Nc2cccc(Cl)c2)c(Br)c1. The highest BCUT2D eigenvalue weighted by Gasteiger charge is 2.02. The van der Waals surface area contributed by atoms with Crippen LogP contribution in [0.4, 0.5) is 11.5 Å². The predicted octanol–water partition coefficient (Wildman–Crippen LogP) is 4.55. The predicted molar refractivity (Wildman–Crippen MR) is 71.4 cm³/mol. The topological polar surface area (TPSA) is 24.9 Å². The molecule has 0 atom stereocenters. The molecule has 0 saturated carbocycles. The maximum atomic E-state index is 5.90. The molecule has 1 aromatic heterocycles. The number of pyridine rings is 1. The zero-order valence-electron chi connectivity index (χ0n) is 8.67. The molecule has 0 aliphatic carbocycles. The van der Waals surface area contributed by atoms with Gasteiger partial charge in [0.1, 0.15) is 5.82 Å². The van der Waals surface area contributed by atoms with Crippen LogP contribution in [0.3, 0.4) is 0 Å². The first-order valence-electron chi connectivity index (χ1n) is 4.80. The molecule has 0 bridgehead atoms. The number of nitrogens with zero attached hydrogens (tertiary/aromatic N) is 1. The maximum Gasteiger partial charge on any atom is 0.144 e. The van der Waals surface area contributed by atoms with E-state index in [1.165, 1.54) is 0 Å². The standard InChI is InChI=1S/C12H10BrClN2/c1-8-5-11(13)12(15-7-8)16-10-4-2-3-9(14)6-10/h2-7H,1H3,(H,15,16). The summed E-state index contributed by atoms with van der Waals surface area (Å²) in [6, 6.07) is 9.55. The fourth-order valence-corrected chi connectivity index (χ4v) is 2.08. The summed E-state index contributed by atoms with van der Waals surface area (Å²) in [5.74, 6) is 0.785. The molecule has 82 valence electrons. The van der Waals surface area contributed by atoms with Crippen molar-refractivity contribution in [3.63, 3.8) is 0 Å². The van der Waals surface area contributed by atoms with E-state index < -0.39 is 0 Å². The van der Waals surface area contributed by atoms with Gasteiger partial charge in [-0.15, -0.1) is 0 Å². The molecule has 0 amide bonds. The van der Waals surface area contributed by atoms with Gasteiger partial charge in [-0.25, -0.2) is 4.98 Å². The van der Waals surface area contributed by atoms with E-state index in [0.717, 1.165) is 21.5 Å². The summed E-state index contributed by atoms with van der Waals surface area (Å²) < 4.78 is 0.937. The molecule has 0 unspecified atom stereocenters. The Morgan fingerprint density at radius 3 is 2.81 bits per heavy atom. The molecular formula is C12H10BrClN2. The minimum absolute atomic E-state index is 0.702. The maximum absolute atomic E-state index is 5.90. The Morgan fingerprint density at radius 1 is 1.31 bits per heavy atom. The minimum Gasteiger partial charge on any atom is -0.339 e. The van der Waals surface area contributed by atoms with Crippen LogP contribution >= 0.6 is 27.5 Å². The smallest absolute Gasteiger partial charge is 0.144 e. The molecule has 16 heavy (non-hydrogen) atoms. The van der Waals surface area contributed by atoms with Crippen LogP contribution in [0.1, 0.15) is 5.56 Å². The molecule has 2 aromatic rings. The van der Waals surface area contributed by atoms with E-state index >= 15 is 0 Å². The monoisotopic (exact) mass is 296 g/mol. The number of halogens is 2. The van der Waals surface area contributed by atoms with Crippen molar-refractivity contribution in [3.05, 3.63) is 51.6 Å². The Morgan fingerprint density at radius 2 is 2.12 bits per heavy atom. The Balaban J connectivity index is 2.27. The highest BCUT2D eigenvalue weighted by molar-refractivity contribution is 9.10. The van der Waals surface area contributed by atoms with Gasteiger partial charge in [0.25, 0.3) is 0 Å². The van der Waals surface area contributed by atoms with Crippen LogP contribution in [0.2, 0.25) is 5.02 Å². The van der Waals surface area contributed by atoms with Gasteiger partial charge in [0.15, 0.2) is 0 Å². The molecule has 1 aromatic carbocycles. The Labute approximate surface area is 108 Å². The molecule has 4 heteroatoms. The van der Waals surface area contributed by atoms with E-state index in [1.807, 2.05) is 43.5 Å². The molecule has 0 radical (unpaired) electrons. The van der Waals surface area contributed by atoms with Crippen LogP contribution in [0.5, 0.6) is 0 Å². The first-order chi connectivity index (χ1) is 7.65. The van der Waals surface area contributed by atoms with Crippen molar-refractivity contribution in [2.45, 2.75) is 6.92 Å². The highest BCUT2D eigenvalue weighted by atomic mass is 79.9. The van der Waals surface area contributed by atoms with Gasteiger partial charge >= 0.3 is 0 Å². The van der Waals surface area contributed by atoms with Crippen molar-refractivity contribution in [1.82, 2.24) is 4.98 Å². The average molecular weight is 298 g/mol. The van der Waals surface area contributed by atoms with E-state index in [9.17, 15) is 0 Å². The lowest BCUT2D eigenvalue weighted by Crippen LogP contribution is -1.94. The fraction of sp³-hybridized carbons (Fsp3) is 0.0833. The van der Waals surface area contributed by atoms with Gasteiger partial charge in [-0.3, -0.25) is 0 Å². The van der Waals surface area contributed by atoms with Crippen molar-refractivity contribution in [2.24, 2.45) is 0 Å². The molecule has 0 spiro atoms.